The number of carbonyl (C=O) groups is 1. The van der Waals surface area contributed by atoms with Gasteiger partial charge in [-0.25, -0.2) is 0 Å². The Morgan fingerprint density at radius 3 is 2.75 bits per heavy atom. The van der Waals surface area contributed by atoms with Crippen LogP contribution >= 0.6 is 11.8 Å². The van der Waals surface area contributed by atoms with Crippen LogP contribution in [0.3, 0.4) is 0 Å². The quantitative estimate of drug-likeness (QED) is 0.698. The van der Waals surface area contributed by atoms with Gasteiger partial charge >= 0.3 is 5.97 Å². The highest BCUT2D eigenvalue weighted by Gasteiger charge is 2.16. The second kappa shape index (κ2) is 7.92. The van der Waals surface area contributed by atoms with E-state index in [0.717, 1.165) is 32.6 Å². The topological polar surface area (TPSA) is 52.6 Å². The van der Waals surface area contributed by atoms with Crippen LogP contribution in [-0.2, 0) is 4.79 Å². The molecule has 0 aromatic rings. The van der Waals surface area contributed by atoms with E-state index >= 15 is 0 Å². The van der Waals surface area contributed by atoms with Crippen LogP contribution in [0.4, 0.5) is 0 Å². The maximum absolute atomic E-state index is 10.9. The number of carboxylic acids is 1. The lowest BCUT2D eigenvalue weighted by molar-refractivity contribution is -0.139. The minimum Gasteiger partial charge on any atom is -0.480 e. The van der Waals surface area contributed by atoms with Crippen molar-refractivity contribution in [3.8, 4) is 0 Å². The molecular formula is C11H22N2O2S. The van der Waals surface area contributed by atoms with Crippen molar-refractivity contribution in [1.82, 2.24) is 10.2 Å². The number of aliphatic carboxylic acids is 1. The van der Waals surface area contributed by atoms with Gasteiger partial charge in [-0.15, -0.1) is 0 Å². The third-order valence-corrected chi connectivity index (χ3v) is 3.74. The number of nitrogens with one attached hydrogen (secondary N) is 1. The zero-order valence-corrected chi connectivity index (χ0v) is 10.8. The van der Waals surface area contributed by atoms with Gasteiger partial charge in [0.2, 0.25) is 0 Å². The van der Waals surface area contributed by atoms with E-state index in [4.69, 9.17) is 5.11 Å². The van der Waals surface area contributed by atoms with E-state index in [1.165, 1.54) is 11.5 Å². The van der Waals surface area contributed by atoms with Crippen LogP contribution in [0.25, 0.3) is 0 Å². The molecule has 16 heavy (non-hydrogen) atoms. The largest absolute Gasteiger partial charge is 0.480 e. The Kier molecular flexibility index (Phi) is 6.84. The fraction of sp³-hybridized carbons (Fsp3) is 0.909. The molecule has 0 spiro atoms. The fourth-order valence-electron chi connectivity index (χ4n) is 1.82. The summed E-state index contributed by atoms with van der Waals surface area (Å²) in [5.74, 6) is 1.69. The molecule has 2 N–H and O–H groups in total. The Hall–Kier alpha value is -0.260. The molecule has 1 rings (SSSR count). The summed E-state index contributed by atoms with van der Waals surface area (Å²) in [5, 5.41) is 12.1. The summed E-state index contributed by atoms with van der Waals surface area (Å²) in [7, 11) is 0. The minimum absolute atomic E-state index is 0.371. The third kappa shape index (κ3) is 5.18. The standard InChI is InChI=1S/C11H22N2O2S/c1-2-3-10(11(14)15)12-4-5-13-6-8-16-9-7-13/h10,12H,2-9H2,1H3,(H,14,15). The first-order valence-electron chi connectivity index (χ1n) is 6.00. The van der Waals surface area contributed by atoms with Crippen molar-refractivity contribution in [2.45, 2.75) is 25.8 Å². The molecule has 1 aliphatic rings. The number of hydrogen-bond acceptors (Lipinski definition) is 4. The Morgan fingerprint density at radius 1 is 1.50 bits per heavy atom. The van der Waals surface area contributed by atoms with E-state index in [1.54, 1.807) is 0 Å². The van der Waals surface area contributed by atoms with Crippen molar-refractivity contribution in [2.24, 2.45) is 0 Å². The number of rotatable bonds is 7. The molecule has 0 radical (unpaired) electrons. The van der Waals surface area contributed by atoms with Crippen molar-refractivity contribution in [3.63, 3.8) is 0 Å². The lowest BCUT2D eigenvalue weighted by atomic mass is 10.2. The number of nitrogens with zero attached hydrogens (tertiary/aromatic N) is 1. The Labute approximate surface area is 102 Å². The summed E-state index contributed by atoms with van der Waals surface area (Å²) in [4.78, 5) is 13.3. The summed E-state index contributed by atoms with van der Waals surface area (Å²) in [6.45, 7) is 6.03. The maximum atomic E-state index is 10.9. The highest BCUT2D eigenvalue weighted by molar-refractivity contribution is 7.99. The molecule has 1 atom stereocenters. The first kappa shape index (κ1) is 13.8. The molecule has 0 amide bonds. The van der Waals surface area contributed by atoms with Gasteiger partial charge in [-0.05, 0) is 6.42 Å². The van der Waals surface area contributed by atoms with Gasteiger partial charge in [0.15, 0.2) is 0 Å². The van der Waals surface area contributed by atoms with Crippen molar-refractivity contribution in [2.75, 3.05) is 37.7 Å². The summed E-state index contributed by atoms with van der Waals surface area (Å²) in [6.07, 6.45) is 1.62. The van der Waals surface area contributed by atoms with Crippen LogP contribution < -0.4 is 5.32 Å². The van der Waals surface area contributed by atoms with E-state index < -0.39 is 5.97 Å². The minimum atomic E-state index is -0.726. The van der Waals surface area contributed by atoms with Gasteiger partial charge in [-0.1, -0.05) is 13.3 Å². The lowest BCUT2D eigenvalue weighted by Gasteiger charge is -2.26. The van der Waals surface area contributed by atoms with Gasteiger partial charge in [0.1, 0.15) is 6.04 Å². The Morgan fingerprint density at radius 2 is 2.19 bits per heavy atom. The van der Waals surface area contributed by atoms with Crippen molar-refractivity contribution < 1.29 is 9.90 Å². The highest BCUT2D eigenvalue weighted by atomic mass is 32.2. The lowest BCUT2D eigenvalue weighted by Crippen LogP contribution is -2.43. The van der Waals surface area contributed by atoms with Crippen LogP contribution in [0.15, 0.2) is 0 Å². The van der Waals surface area contributed by atoms with Crippen molar-refractivity contribution >= 4 is 17.7 Å². The molecule has 1 aliphatic heterocycles. The molecule has 0 aliphatic carbocycles. The Bertz CT molecular complexity index is 208. The smallest absolute Gasteiger partial charge is 0.320 e. The van der Waals surface area contributed by atoms with E-state index in [-0.39, 0.29) is 6.04 Å². The highest BCUT2D eigenvalue weighted by Crippen LogP contribution is 2.08. The molecule has 0 bridgehead atoms. The number of thioether (sulfide) groups is 1. The van der Waals surface area contributed by atoms with E-state index in [9.17, 15) is 4.79 Å². The van der Waals surface area contributed by atoms with Crippen LogP contribution in [0.2, 0.25) is 0 Å². The molecule has 1 heterocycles. The van der Waals surface area contributed by atoms with Crippen LogP contribution in [0, 0.1) is 0 Å². The fourth-order valence-corrected chi connectivity index (χ4v) is 2.80. The molecule has 1 fully saturated rings. The molecular weight excluding hydrogens is 224 g/mol. The van der Waals surface area contributed by atoms with E-state index in [2.05, 4.69) is 10.2 Å². The van der Waals surface area contributed by atoms with Crippen LogP contribution in [0.5, 0.6) is 0 Å². The predicted molar refractivity (Wildman–Crippen MR) is 68.1 cm³/mol. The third-order valence-electron chi connectivity index (χ3n) is 2.80. The zero-order chi connectivity index (χ0) is 11.8. The maximum Gasteiger partial charge on any atom is 0.320 e. The van der Waals surface area contributed by atoms with Gasteiger partial charge in [-0.2, -0.15) is 11.8 Å². The summed E-state index contributed by atoms with van der Waals surface area (Å²) in [5.41, 5.74) is 0. The monoisotopic (exact) mass is 246 g/mol. The second-order valence-corrected chi connectivity index (χ2v) is 5.31. The van der Waals surface area contributed by atoms with Crippen molar-refractivity contribution in [3.05, 3.63) is 0 Å². The normalized spacial score (nSPS) is 19.6. The second-order valence-electron chi connectivity index (χ2n) is 4.09. The Balaban J connectivity index is 2.13. The molecule has 0 saturated carbocycles. The van der Waals surface area contributed by atoms with E-state index in [0.29, 0.717) is 6.42 Å². The van der Waals surface area contributed by atoms with Gasteiger partial charge in [0.25, 0.3) is 0 Å². The molecule has 5 heteroatoms. The average molecular weight is 246 g/mol. The molecule has 1 saturated heterocycles. The number of hydrogen-bond donors (Lipinski definition) is 2. The molecule has 0 aromatic carbocycles. The molecule has 4 nitrogen and oxygen atoms in total. The first-order valence-corrected chi connectivity index (χ1v) is 7.15. The van der Waals surface area contributed by atoms with E-state index in [1.807, 2.05) is 18.7 Å². The van der Waals surface area contributed by atoms with Crippen molar-refractivity contribution in [1.29, 1.82) is 0 Å². The summed E-state index contributed by atoms with van der Waals surface area (Å²) < 4.78 is 0. The molecule has 94 valence electrons. The zero-order valence-electron chi connectivity index (χ0n) is 9.95. The van der Waals surface area contributed by atoms with Gasteiger partial charge < -0.3 is 15.3 Å². The average Bonchev–Trinajstić information content (AvgIpc) is 2.29. The van der Waals surface area contributed by atoms with Gasteiger partial charge in [0, 0.05) is 37.7 Å². The van der Waals surface area contributed by atoms with Crippen LogP contribution in [0.1, 0.15) is 19.8 Å². The summed E-state index contributed by atoms with van der Waals surface area (Å²) >= 11 is 2.00. The van der Waals surface area contributed by atoms with Gasteiger partial charge in [-0.3, -0.25) is 4.79 Å². The van der Waals surface area contributed by atoms with Crippen LogP contribution in [-0.4, -0.2) is 59.7 Å². The van der Waals surface area contributed by atoms with Gasteiger partial charge in [0.05, 0.1) is 0 Å². The summed E-state index contributed by atoms with van der Waals surface area (Å²) in [6, 6.07) is -0.371. The SMILES string of the molecule is CCCC(NCCN1CCSCC1)C(=O)O. The molecule has 1 unspecified atom stereocenters. The molecule has 0 aromatic heterocycles. The number of carboxylic acid groups (broad SMARTS) is 1. The predicted octanol–water partition coefficient (Wildman–Crippen LogP) is 0.878. The first-order chi connectivity index (χ1) is 7.74.